The minimum atomic E-state index is -1.24. The lowest BCUT2D eigenvalue weighted by Gasteiger charge is -2.21. The van der Waals surface area contributed by atoms with Gasteiger partial charge in [-0.1, -0.05) is 13.0 Å². The predicted molar refractivity (Wildman–Crippen MR) is 81.0 cm³/mol. The number of hydrogen-bond donors (Lipinski definition) is 1. The first-order chi connectivity index (χ1) is 9.93. The molecule has 1 atom stereocenters. The molecule has 0 fully saturated rings. The van der Waals surface area contributed by atoms with Gasteiger partial charge in [-0.05, 0) is 52.9 Å². The van der Waals surface area contributed by atoms with Crippen LogP contribution >= 0.6 is 22.6 Å². The van der Waals surface area contributed by atoms with Crippen molar-refractivity contribution < 1.29 is 17.6 Å². The van der Waals surface area contributed by atoms with Crippen LogP contribution in [0.5, 0.6) is 0 Å². The molecule has 1 N–H and O–H groups in total. The van der Waals surface area contributed by atoms with Crippen molar-refractivity contribution in [3.8, 4) is 0 Å². The Kier molecular flexibility index (Phi) is 5.21. The Balaban J connectivity index is 2.55. The second-order valence-corrected chi connectivity index (χ2v) is 5.61. The topological polar surface area (TPSA) is 12.0 Å². The van der Waals surface area contributed by atoms with Crippen molar-refractivity contribution in [2.24, 2.45) is 0 Å². The fraction of sp³-hybridized carbons (Fsp3) is 0.200. The first-order valence-electron chi connectivity index (χ1n) is 6.26. The number of nitrogens with one attached hydrogen (secondary N) is 1. The Bertz CT molecular complexity index is 660. The lowest BCUT2D eigenvalue weighted by molar-refractivity contribution is 0.480. The highest BCUT2D eigenvalue weighted by atomic mass is 127. The summed E-state index contributed by atoms with van der Waals surface area (Å²) >= 11 is 1.92. The number of rotatable bonds is 4. The van der Waals surface area contributed by atoms with Gasteiger partial charge in [0.1, 0.15) is 11.6 Å². The van der Waals surface area contributed by atoms with E-state index in [1.165, 1.54) is 18.2 Å². The van der Waals surface area contributed by atoms with Crippen LogP contribution in [0, 0.1) is 26.8 Å². The van der Waals surface area contributed by atoms with Gasteiger partial charge >= 0.3 is 0 Å². The van der Waals surface area contributed by atoms with Gasteiger partial charge in [0.25, 0.3) is 0 Å². The lowest BCUT2D eigenvalue weighted by Crippen LogP contribution is -2.24. The van der Waals surface area contributed by atoms with Gasteiger partial charge in [0, 0.05) is 15.2 Å². The Morgan fingerprint density at radius 3 is 2.24 bits per heavy atom. The molecular formula is C15H12F4IN. The summed E-state index contributed by atoms with van der Waals surface area (Å²) in [4.78, 5) is 0. The maximum atomic E-state index is 14.0. The van der Waals surface area contributed by atoms with E-state index in [4.69, 9.17) is 0 Å². The summed E-state index contributed by atoms with van der Waals surface area (Å²) in [5.41, 5.74) is 0.587. The van der Waals surface area contributed by atoms with Crippen LogP contribution in [0.25, 0.3) is 0 Å². The quantitative estimate of drug-likeness (QED) is 0.444. The molecule has 0 heterocycles. The van der Waals surface area contributed by atoms with Gasteiger partial charge in [0.15, 0.2) is 11.6 Å². The maximum absolute atomic E-state index is 14.0. The zero-order valence-corrected chi connectivity index (χ0v) is 13.2. The normalized spacial score (nSPS) is 12.5. The van der Waals surface area contributed by atoms with Crippen LogP contribution < -0.4 is 5.32 Å². The lowest BCUT2D eigenvalue weighted by atomic mass is 9.97. The van der Waals surface area contributed by atoms with Crippen molar-refractivity contribution in [1.82, 2.24) is 5.32 Å². The average molecular weight is 409 g/mol. The van der Waals surface area contributed by atoms with E-state index >= 15 is 0 Å². The van der Waals surface area contributed by atoms with E-state index < -0.39 is 29.3 Å². The molecule has 2 aromatic rings. The summed E-state index contributed by atoms with van der Waals surface area (Å²) in [6, 6.07) is 4.73. The molecule has 0 aliphatic rings. The maximum Gasteiger partial charge on any atom is 0.161 e. The summed E-state index contributed by atoms with van der Waals surface area (Å²) in [7, 11) is 0. The molecule has 1 unspecified atom stereocenters. The molecule has 0 spiro atoms. The molecule has 0 amide bonds. The Morgan fingerprint density at radius 1 is 0.952 bits per heavy atom. The molecule has 0 saturated heterocycles. The molecule has 1 nitrogen and oxygen atoms in total. The summed E-state index contributed by atoms with van der Waals surface area (Å²) in [6.45, 7) is 2.29. The largest absolute Gasteiger partial charge is 0.306 e. The molecule has 0 saturated carbocycles. The monoisotopic (exact) mass is 409 g/mol. The van der Waals surface area contributed by atoms with Crippen molar-refractivity contribution in [3.63, 3.8) is 0 Å². The van der Waals surface area contributed by atoms with Gasteiger partial charge < -0.3 is 5.32 Å². The minimum absolute atomic E-state index is 0.0136. The first-order valence-corrected chi connectivity index (χ1v) is 7.34. The molecule has 0 aliphatic heterocycles. The fourth-order valence-electron chi connectivity index (χ4n) is 2.09. The molecule has 0 aliphatic carbocycles. The highest BCUT2D eigenvalue weighted by Crippen LogP contribution is 2.29. The predicted octanol–water partition coefficient (Wildman–Crippen LogP) is 4.55. The third kappa shape index (κ3) is 3.55. The molecule has 6 heteroatoms. The van der Waals surface area contributed by atoms with Gasteiger partial charge in [-0.3, -0.25) is 0 Å². The second kappa shape index (κ2) is 6.74. The van der Waals surface area contributed by atoms with Crippen molar-refractivity contribution in [1.29, 1.82) is 0 Å². The van der Waals surface area contributed by atoms with Crippen LogP contribution in [0.3, 0.4) is 0 Å². The molecule has 2 aromatic carbocycles. The van der Waals surface area contributed by atoms with Crippen LogP contribution in [0.2, 0.25) is 0 Å². The van der Waals surface area contributed by atoms with Crippen molar-refractivity contribution in [3.05, 3.63) is 68.3 Å². The average Bonchev–Trinajstić information content (AvgIpc) is 2.41. The van der Waals surface area contributed by atoms with Crippen LogP contribution in [0.15, 0.2) is 30.3 Å². The van der Waals surface area contributed by atoms with Crippen LogP contribution in [0.4, 0.5) is 17.6 Å². The molecule has 112 valence electrons. The summed E-state index contributed by atoms with van der Waals surface area (Å²) < 4.78 is 54.2. The van der Waals surface area contributed by atoms with Crippen molar-refractivity contribution >= 4 is 22.6 Å². The first kappa shape index (κ1) is 16.2. The molecular weight excluding hydrogens is 397 g/mol. The number of halogens is 5. The molecule has 21 heavy (non-hydrogen) atoms. The third-order valence-corrected chi connectivity index (χ3v) is 3.97. The summed E-state index contributed by atoms with van der Waals surface area (Å²) in [6.07, 6.45) is 0. The van der Waals surface area contributed by atoms with Crippen LogP contribution in [-0.2, 0) is 0 Å². The van der Waals surface area contributed by atoms with E-state index in [0.29, 0.717) is 21.7 Å². The van der Waals surface area contributed by atoms with Gasteiger partial charge in [-0.2, -0.15) is 0 Å². The van der Waals surface area contributed by atoms with Gasteiger partial charge in [-0.15, -0.1) is 0 Å². The van der Waals surface area contributed by atoms with E-state index in [1.807, 2.05) is 22.6 Å². The van der Waals surface area contributed by atoms with E-state index in [1.54, 1.807) is 6.92 Å². The molecule has 2 rings (SSSR count). The van der Waals surface area contributed by atoms with Gasteiger partial charge in [0.05, 0.1) is 6.04 Å². The fourth-order valence-corrected chi connectivity index (χ4v) is 2.88. The third-order valence-electron chi connectivity index (χ3n) is 3.03. The van der Waals surface area contributed by atoms with Crippen LogP contribution in [-0.4, -0.2) is 6.54 Å². The SMILES string of the molecule is CCNC(c1cc(F)c(F)cc1F)c1ccc(F)cc1I. The summed E-state index contributed by atoms with van der Waals surface area (Å²) in [5.74, 6) is -3.61. The standard InChI is InChI=1S/C15H12F4IN/c1-2-21-15(9-4-3-8(16)5-14(9)20)10-6-12(18)13(19)7-11(10)17/h3-7,15,21H,2H2,1H3. The van der Waals surface area contributed by atoms with Gasteiger partial charge in [0.2, 0.25) is 0 Å². The van der Waals surface area contributed by atoms with Gasteiger partial charge in [-0.25, -0.2) is 17.6 Å². The van der Waals surface area contributed by atoms with E-state index in [9.17, 15) is 17.6 Å². The number of hydrogen-bond acceptors (Lipinski definition) is 1. The minimum Gasteiger partial charge on any atom is -0.306 e. The second-order valence-electron chi connectivity index (χ2n) is 4.44. The Labute approximate surface area is 133 Å². The zero-order valence-electron chi connectivity index (χ0n) is 11.1. The smallest absolute Gasteiger partial charge is 0.161 e. The van der Waals surface area contributed by atoms with Crippen molar-refractivity contribution in [2.75, 3.05) is 6.54 Å². The number of benzene rings is 2. The Morgan fingerprint density at radius 2 is 1.62 bits per heavy atom. The molecule has 0 bridgehead atoms. The van der Waals surface area contributed by atoms with E-state index in [2.05, 4.69) is 5.32 Å². The van der Waals surface area contributed by atoms with Crippen molar-refractivity contribution in [2.45, 2.75) is 13.0 Å². The highest BCUT2D eigenvalue weighted by molar-refractivity contribution is 14.1. The summed E-state index contributed by atoms with van der Waals surface area (Å²) in [5, 5.41) is 3.01. The Hall–Kier alpha value is -1.15. The molecule has 0 radical (unpaired) electrons. The van der Waals surface area contributed by atoms with E-state index in [0.717, 1.165) is 6.07 Å². The van der Waals surface area contributed by atoms with Crippen LogP contribution in [0.1, 0.15) is 24.1 Å². The zero-order chi connectivity index (χ0) is 15.6. The molecule has 0 aromatic heterocycles. The highest BCUT2D eigenvalue weighted by Gasteiger charge is 2.22. The van der Waals surface area contributed by atoms with E-state index in [-0.39, 0.29) is 5.56 Å².